The third-order valence-electron chi connectivity index (χ3n) is 3.68. The van der Waals surface area contributed by atoms with Gasteiger partial charge in [0, 0.05) is 36.1 Å². The standard InChI is InChI=1S/C13H24N4S/c1-13(2,3)11-15-12(18-16-11)17(4)10-7-5-9(14)6-8-10/h9-10H,5-8,14H2,1-4H3. The lowest BCUT2D eigenvalue weighted by molar-refractivity contribution is 0.384. The Morgan fingerprint density at radius 2 is 1.83 bits per heavy atom. The van der Waals surface area contributed by atoms with Crippen LogP contribution in [-0.2, 0) is 5.41 Å². The van der Waals surface area contributed by atoms with Crippen LogP contribution in [0.15, 0.2) is 0 Å². The van der Waals surface area contributed by atoms with Crippen molar-refractivity contribution in [1.82, 2.24) is 9.36 Å². The van der Waals surface area contributed by atoms with Gasteiger partial charge in [-0.2, -0.15) is 4.37 Å². The summed E-state index contributed by atoms with van der Waals surface area (Å²) in [4.78, 5) is 6.97. The second kappa shape index (κ2) is 5.13. The van der Waals surface area contributed by atoms with Gasteiger partial charge >= 0.3 is 0 Å². The van der Waals surface area contributed by atoms with E-state index in [-0.39, 0.29) is 5.41 Å². The fraction of sp³-hybridized carbons (Fsp3) is 0.846. The molecule has 2 N–H and O–H groups in total. The lowest BCUT2D eigenvalue weighted by Crippen LogP contribution is -2.38. The summed E-state index contributed by atoms with van der Waals surface area (Å²) in [7, 11) is 2.13. The minimum absolute atomic E-state index is 0.0323. The van der Waals surface area contributed by atoms with Crippen molar-refractivity contribution in [3.05, 3.63) is 5.82 Å². The largest absolute Gasteiger partial charge is 0.347 e. The minimum atomic E-state index is 0.0323. The molecule has 1 aromatic heterocycles. The molecule has 18 heavy (non-hydrogen) atoms. The lowest BCUT2D eigenvalue weighted by Gasteiger charge is -2.33. The molecule has 1 aliphatic carbocycles. The normalized spacial score (nSPS) is 25.2. The smallest absolute Gasteiger partial charge is 0.205 e. The summed E-state index contributed by atoms with van der Waals surface area (Å²) in [5, 5.41) is 1.04. The summed E-state index contributed by atoms with van der Waals surface area (Å²) in [6.45, 7) is 6.45. The summed E-state index contributed by atoms with van der Waals surface area (Å²) in [5.74, 6) is 0.946. The van der Waals surface area contributed by atoms with E-state index < -0.39 is 0 Å². The fourth-order valence-electron chi connectivity index (χ4n) is 2.31. The predicted octanol–water partition coefficient (Wildman–Crippen LogP) is 2.54. The van der Waals surface area contributed by atoms with E-state index in [4.69, 9.17) is 5.73 Å². The monoisotopic (exact) mass is 268 g/mol. The molecule has 5 heteroatoms. The van der Waals surface area contributed by atoms with Crippen LogP contribution >= 0.6 is 11.5 Å². The Morgan fingerprint density at radius 3 is 2.33 bits per heavy atom. The Hall–Kier alpha value is -0.680. The van der Waals surface area contributed by atoms with Crippen LogP contribution in [0.4, 0.5) is 5.13 Å². The van der Waals surface area contributed by atoms with Crippen LogP contribution in [-0.4, -0.2) is 28.5 Å². The first-order valence-electron chi connectivity index (χ1n) is 6.70. The molecule has 0 amide bonds. The maximum absolute atomic E-state index is 5.95. The van der Waals surface area contributed by atoms with Crippen LogP contribution < -0.4 is 10.6 Å². The summed E-state index contributed by atoms with van der Waals surface area (Å²) >= 11 is 1.51. The van der Waals surface area contributed by atoms with Crippen molar-refractivity contribution in [3.8, 4) is 0 Å². The molecule has 0 atom stereocenters. The number of nitrogens with zero attached hydrogens (tertiary/aromatic N) is 3. The number of hydrogen-bond acceptors (Lipinski definition) is 5. The van der Waals surface area contributed by atoms with Crippen molar-refractivity contribution < 1.29 is 0 Å². The molecule has 0 aromatic carbocycles. The molecule has 0 bridgehead atoms. The molecule has 0 radical (unpaired) electrons. The number of aromatic nitrogens is 2. The second-order valence-corrected chi connectivity index (χ2v) is 7.06. The molecule has 4 nitrogen and oxygen atoms in total. The van der Waals surface area contributed by atoms with Crippen molar-refractivity contribution in [2.75, 3.05) is 11.9 Å². The van der Waals surface area contributed by atoms with Crippen molar-refractivity contribution in [2.24, 2.45) is 5.73 Å². The van der Waals surface area contributed by atoms with Gasteiger partial charge in [0.15, 0.2) is 0 Å². The highest BCUT2D eigenvalue weighted by atomic mass is 32.1. The molecule has 1 aliphatic rings. The average molecular weight is 268 g/mol. The van der Waals surface area contributed by atoms with E-state index in [1.165, 1.54) is 24.4 Å². The van der Waals surface area contributed by atoms with E-state index in [0.717, 1.165) is 23.8 Å². The SMILES string of the molecule is CN(c1nc(C(C)(C)C)ns1)C1CCC(N)CC1. The van der Waals surface area contributed by atoms with Crippen LogP contribution in [0.5, 0.6) is 0 Å². The predicted molar refractivity (Wildman–Crippen MR) is 77.2 cm³/mol. The van der Waals surface area contributed by atoms with Crippen molar-refractivity contribution in [2.45, 2.75) is 64.0 Å². The number of rotatable bonds is 2. The minimum Gasteiger partial charge on any atom is -0.347 e. The number of nitrogens with two attached hydrogens (primary N) is 1. The van der Waals surface area contributed by atoms with Crippen LogP contribution in [0.1, 0.15) is 52.3 Å². The van der Waals surface area contributed by atoms with E-state index in [1.54, 1.807) is 0 Å². The molecule has 1 fully saturated rings. The van der Waals surface area contributed by atoms with Gasteiger partial charge in [-0.05, 0) is 25.7 Å². The van der Waals surface area contributed by atoms with Crippen LogP contribution in [0.2, 0.25) is 0 Å². The molecule has 0 aliphatic heterocycles. The fourth-order valence-corrected chi connectivity index (χ4v) is 3.20. The highest BCUT2D eigenvalue weighted by molar-refractivity contribution is 7.09. The number of hydrogen-bond donors (Lipinski definition) is 1. The highest BCUT2D eigenvalue weighted by Gasteiger charge is 2.26. The van der Waals surface area contributed by atoms with Crippen LogP contribution in [0.3, 0.4) is 0 Å². The Morgan fingerprint density at radius 1 is 1.22 bits per heavy atom. The van der Waals surface area contributed by atoms with Gasteiger partial charge < -0.3 is 10.6 Å². The summed E-state index contributed by atoms with van der Waals surface area (Å²) in [5.41, 5.74) is 5.99. The molecular weight excluding hydrogens is 244 g/mol. The topological polar surface area (TPSA) is 55.0 Å². The van der Waals surface area contributed by atoms with Gasteiger partial charge in [0.05, 0.1) is 0 Å². The first-order chi connectivity index (χ1) is 8.38. The Labute approximate surface area is 114 Å². The molecule has 1 heterocycles. The first-order valence-corrected chi connectivity index (χ1v) is 7.48. The second-order valence-electron chi connectivity index (χ2n) is 6.33. The van der Waals surface area contributed by atoms with Gasteiger partial charge in [-0.1, -0.05) is 20.8 Å². The molecule has 0 saturated heterocycles. The van der Waals surface area contributed by atoms with Gasteiger partial charge in [-0.15, -0.1) is 0 Å². The number of anilines is 1. The maximum Gasteiger partial charge on any atom is 0.205 e. The van der Waals surface area contributed by atoms with E-state index in [0.29, 0.717) is 12.1 Å². The Bertz CT molecular complexity index is 388. The third-order valence-corrected chi connectivity index (χ3v) is 4.48. The Kier molecular flexibility index (Phi) is 3.92. The zero-order chi connectivity index (χ0) is 13.3. The molecule has 0 unspecified atom stereocenters. The van der Waals surface area contributed by atoms with Gasteiger partial charge in [0.2, 0.25) is 5.13 Å². The molecule has 1 aromatic rings. The average Bonchev–Trinajstić information content (AvgIpc) is 2.78. The molecule has 1 saturated carbocycles. The van der Waals surface area contributed by atoms with E-state index >= 15 is 0 Å². The summed E-state index contributed by atoms with van der Waals surface area (Å²) in [6, 6.07) is 0.972. The lowest BCUT2D eigenvalue weighted by atomic mass is 9.91. The quantitative estimate of drug-likeness (QED) is 0.895. The van der Waals surface area contributed by atoms with Crippen molar-refractivity contribution in [3.63, 3.8) is 0 Å². The van der Waals surface area contributed by atoms with E-state index in [1.807, 2.05) is 0 Å². The molecule has 102 valence electrons. The summed E-state index contributed by atoms with van der Waals surface area (Å²) in [6.07, 6.45) is 4.59. The Balaban J connectivity index is 2.05. The zero-order valence-corrected chi connectivity index (χ0v) is 12.6. The molecular formula is C13H24N4S. The maximum atomic E-state index is 5.95. The van der Waals surface area contributed by atoms with Crippen LogP contribution in [0, 0.1) is 0 Å². The molecule has 2 rings (SSSR count). The van der Waals surface area contributed by atoms with Gasteiger partial charge in [-0.25, -0.2) is 4.98 Å². The summed E-state index contributed by atoms with van der Waals surface area (Å²) < 4.78 is 4.48. The van der Waals surface area contributed by atoms with E-state index in [2.05, 4.69) is 42.1 Å². The van der Waals surface area contributed by atoms with Gasteiger partial charge in [0.25, 0.3) is 0 Å². The first kappa shape index (κ1) is 13.7. The van der Waals surface area contributed by atoms with E-state index in [9.17, 15) is 0 Å². The molecule has 0 spiro atoms. The van der Waals surface area contributed by atoms with Crippen molar-refractivity contribution >= 4 is 16.7 Å². The highest BCUT2D eigenvalue weighted by Crippen LogP contribution is 2.29. The van der Waals surface area contributed by atoms with Gasteiger partial charge in [-0.3, -0.25) is 0 Å². The third kappa shape index (κ3) is 3.01. The zero-order valence-electron chi connectivity index (χ0n) is 11.8. The van der Waals surface area contributed by atoms with Gasteiger partial charge in [0.1, 0.15) is 5.82 Å². The van der Waals surface area contributed by atoms with Crippen LogP contribution in [0.25, 0.3) is 0 Å². The van der Waals surface area contributed by atoms with Crippen molar-refractivity contribution in [1.29, 1.82) is 0 Å².